The molecule has 1 aromatic carbocycles. The summed E-state index contributed by atoms with van der Waals surface area (Å²) in [7, 11) is 1.96. The lowest BCUT2D eigenvalue weighted by Gasteiger charge is -2.21. The molecule has 86 valence electrons. The minimum Gasteiger partial charge on any atom is -0.328 e. The molecule has 0 aliphatic carbocycles. The van der Waals surface area contributed by atoms with Crippen molar-refractivity contribution in [3.05, 3.63) is 29.0 Å². The zero-order chi connectivity index (χ0) is 11.9. The Balaban J connectivity index is 2.75. The van der Waals surface area contributed by atoms with Crippen LogP contribution >= 0.6 is 11.6 Å². The van der Waals surface area contributed by atoms with Gasteiger partial charge in [-0.3, -0.25) is 0 Å². The predicted octanol–water partition coefficient (Wildman–Crippen LogP) is 2.81. The summed E-state index contributed by atoms with van der Waals surface area (Å²) < 4.78 is 1.99. The maximum absolute atomic E-state index is 6.23. The summed E-state index contributed by atoms with van der Waals surface area (Å²) in [6, 6.07) is 5.73. The lowest BCUT2D eigenvalue weighted by molar-refractivity contribution is 0.434. The van der Waals surface area contributed by atoms with Gasteiger partial charge in [-0.15, -0.1) is 0 Å². The zero-order valence-electron chi connectivity index (χ0n) is 9.79. The van der Waals surface area contributed by atoms with Gasteiger partial charge in [-0.25, -0.2) is 4.98 Å². The molecule has 0 amide bonds. The van der Waals surface area contributed by atoms with Gasteiger partial charge in [0.1, 0.15) is 5.82 Å². The minimum atomic E-state index is -0.420. The Morgan fingerprint density at radius 2 is 2.19 bits per heavy atom. The van der Waals surface area contributed by atoms with Crippen LogP contribution in [0, 0.1) is 0 Å². The number of rotatable bonds is 2. The molecule has 3 nitrogen and oxygen atoms in total. The molecule has 0 bridgehead atoms. The van der Waals surface area contributed by atoms with E-state index in [0.717, 1.165) is 23.3 Å². The van der Waals surface area contributed by atoms with Gasteiger partial charge < -0.3 is 10.3 Å². The monoisotopic (exact) mass is 237 g/mol. The van der Waals surface area contributed by atoms with Gasteiger partial charge in [0.2, 0.25) is 0 Å². The summed E-state index contributed by atoms with van der Waals surface area (Å²) in [6.45, 7) is 4.04. The topological polar surface area (TPSA) is 43.8 Å². The van der Waals surface area contributed by atoms with Crippen LogP contribution in [0.3, 0.4) is 0 Å². The number of halogens is 1. The molecule has 2 aromatic rings. The van der Waals surface area contributed by atoms with Gasteiger partial charge in [-0.1, -0.05) is 24.6 Å². The van der Waals surface area contributed by atoms with E-state index in [4.69, 9.17) is 17.3 Å². The average Bonchev–Trinajstić information content (AvgIpc) is 2.58. The van der Waals surface area contributed by atoms with Gasteiger partial charge in [-0.2, -0.15) is 0 Å². The first-order valence-electron chi connectivity index (χ1n) is 5.37. The highest BCUT2D eigenvalue weighted by atomic mass is 35.5. The molecule has 16 heavy (non-hydrogen) atoms. The maximum Gasteiger partial charge on any atom is 0.129 e. The van der Waals surface area contributed by atoms with E-state index in [9.17, 15) is 0 Å². The van der Waals surface area contributed by atoms with Crippen molar-refractivity contribution in [2.45, 2.75) is 25.8 Å². The molecular formula is C12H16ClN3. The average molecular weight is 238 g/mol. The Bertz CT molecular complexity index is 528. The number of nitrogens with two attached hydrogens (primary N) is 1. The van der Waals surface area contributed by atoms with Crippen molar-refractivity contribution in [3.8, 4) is 0 Å². The Morgan fingerprint density at radius 3 is 2.75 bits per heavy atom. The highest BCUT2D eigenvalue weighted by Crippen LogP contribution is 2.28. The number of benzene rings is 1. The van der Waals surface area contributed by atoms with E-state index in [1.165, 1.54) is 0 Å². The van der Waals surface area contributed by atoms with E-state index in [0.29, 0.717) is 5.02 Å². The number of imidazole rings is 1. The fraction of sp³-hybridized carbons (Fsp3) is 0.417. The number of fused-ring (bicyclic) bond motifs is 1. The number of para-hydroxylation sites is 1. The molecule has 2 N–H and O–H groups in total. The molecule has 0 aliphatic heterocycles. The molecule has 0 aliphatic rings. The van der Waals surface area contributed by atoms with Gasteiger partial charge in [0.15, 0.2) is 0 Å². The smallest absolute Gasteiger partial charge is 0.129 e. The Kier molecular flexibility index (Phi) is 2.68. The van der Waals surface area contributed by atoms with Crippen LogP contribution in [0.1, 0.15) is 26.1 Å². The first kappa shape index (κ1) is 11.4. The Morgan fingerprint density at radius 1 is 1.50 bits per heavy atom. The molecule has 1 aromatic heterocycles. The summed E-state index contributed by atoms with van der Waals surface area (Å²) in [5, 5.41) is 0.714. The lowest BCUT2D eigenvalue weighted by Crippen LogP contribution is -2.35. The van der Waals surface area contributed by atoms with Gasteiger partial charge in [0, 0.05) is 7.05 Å². The van der Waals surface area contributed by atoms with Crippen LogP contribution < -0.4 is 5.73 Å². The molecule has 2 rings (SSSR count). The lowest BCUT2D eigenvalue weighted by atomic mass is 10.00. The number of aromatic nitrogens is 2. The Hall–Kier alpha value is -1.06. The van der Waals surface area contributed by atoms with E-state index >= 15 is 0 Å². The van der Waals surface area contributed by atoms with Crippen LogP contribution in [0.2, 0.25) is 5.02 Å². The van der Waals surface area contributed by atoms with Crippen molar-refractivity contribution in [2.75, 3.05) is 0 Å². The van der Waals surface area contributed by atoms with Crippen LogP contribution in [-0.2, 0) is 12.6 Å². The molecule has 0 radical (unpaired) electrons. The maximum atomic E-state index is 6.23. The minimum absolute atomic E-state index is 0.420. The van der Waals surface area contributed by atoms with Crippen LogP contribution in [0.5, 0.6) is 0 Å². The van der Waals surface area contributed by atoms with Crippen molar-refractivity contribution in [2.24, 2.45) is 12.8 Å². The fourth-order valence-corrected chi connectivity index (χ4v) is 2.19. The van der Waals surface area contributed by atoms with Crippen molar-refractivity contribution in [3.63, 3.8) is 0 Å². The number of hydrogen-bond donors (Lipinski definition) is 1. The second-order valence-corrected chi connectivity index (χ2v) is 4.78. The highest BCUT2D eigenvalue weighted by Gasteiger charge is 2.25. The van der Waals surface area contributed by atoms with Crippen LogP contribution in [0.4, 0.5) is 0 Å². The number of aryl methyl sites for hydroxylation is 1. The number of nitrogens with zero attached hydrogens (tertiary/aromatic N) is 2. The molecule has 1 atom stereocenters. The molecule has 1 unspecified atom stereocenters. The molecule has 0 spiro atoms. The normalized spacial score (nSPS) is 15.3. The summed E-state index contributed by atoms with van der Waals surface area (Å²) in [5.74, 6) is 0.873. The highest BCUT2D eigenvalue weighted by molar-refractivity contribution is 6.35. The third kappa shape index (κ3) is 1.60. The zero-order valence-corrected chi connectivity index (χ0v) is 10.5. The third-order valence-electron chi connectivity index (χ3n) is 3.09. The summed E-state index contributed by atoms with van der Waals surface area (Å²) in [6.07, 6.45) is 0.835. The Labute approximate surface area is 100 Å². The van der Waals surface area contributed by atoms with E-state index in [1.807, 2.05) is 36.7 Å². The van der Waals surface area contributed by atoms with Crippen molar-refractivity contribution >= 4 is 22.6 Å². The second-order valence-electron chi connectivity index (χ2n) is 4.37. The molecule has 0 saturated carbocycles. The molecule has 4 heteroatoms. The molecule has 0 fully saturated rings. The second kappa shape index (κ2) is 3.75. The van der Waals surface area contributed by atoms with Crippen LogP contribution in [0.15, 0.2) is 18.2 Å². The SMILES string of the molecule is CCC(C)(N)c1nc2cccc(Cl)c2n1C. The number of hydrogen-bond acceptors (Lipinski definition) is 2. The third-order valence-corrected chi connectivity index (χ3v) is 3.40. The largest absolute Gasteiger partial charge is 0.328 e. The first-order valence-corrected chi connectivity index (χ1v) is 5.75. The standard InChI is InChI=1S/C12H16ClN3/c1-4-12(2,14)11-15-9-7-5-6-8(13)10(9)16(11)3/h5-7H,4,14H2,1-3H3. The van der Waals surface area contributed by atoms with Crippen LogP contribution in [0.25, 0.3) is 11.0 Å². The predicted molar refractivity (Wildman–Crippen MR) is 67.6 cm³/mol. The van der Waals surface area contributed by atoms with E-state index in [1.54, 1.807) is 0 Å². The summed E-state index contributed by atoms with van der Waals surface area (Å²) in [4.78, 5) is 4.57. The van der Waals surface area contributed by atoms with Crippen molar-refractivity contribution in [1.29, 1.82) is 0 Å². The molecule has 1 heterocycles. The first-order chi connectivity index (χ1) is 7.47. The van der Waals surface area contributed by atoms with E-state index in [2.05, 4.69) is 11.9 Å². The summed E-state index contributed by atoms with van der Waals surface area (Å²) in [5.41, 5.74) is 7.65. The van der Waals surface area contributed by atoms with Gasteiger partial charge in [0.05, 0.1) is 21.6 Å². The van der Waals surface area contributed by atoms with Gasteiger partial charge in [0.25, 0.3) is 0 Å². The van der Waals surface area contributed by atoms with Crippen molar-refractivity contribution < 1.29 is 0 Å². The fourth-order valence-electron chi connectivity index (χ4n) is 1.89. The molecular weight excluding hydrogens is 222 g/mol. The van der Waals surface area contributed by atoms with E-state index < -0.39 is 5.54 Å². The van der Waals surface area contributed by atoms with Crippen molar-refractivity contribution in [1.82, 2.24) is 9.55 Å². The quantitative estimate of drug-likeness (QED) is 0.873. The van der Waals surface area contributed by atoms with Gasteiger partial charge >= 0.3 is 0 Å². The molecule has 0 saturated heterocycles. The van der Waals surface area contributed by atoms with Crippen LogP contribution in [-0.4, -0.2) is 9.55 Å². The summed E-state index contributed by atoms with van der Waals surface area (Å²) >= 11 is 6.17. The van der Waals surface area contributed by atoms with E-state index in [-0.39, 0.29) is 0 Å². The van der Waals surface area contributed by atoms with Gasteiger partial charge in [-0.05, 0) is 25.5 Å².